The van der Waals surface area contributed by atoms with Crippen molar-refractivity contribution in [1.82, 2.24) is 9.97 Å². The number of hydrogen-bond acceptors (Lipinski definition) is 4. The van der Waals surface area contributed by atoms with Crippen molar-refractivity contribution in [2.45, 2.75) is 12.8 Å². The van der Waals surface area contributed by atoms with Crippen LogP contribution in [0, 0.1) is 11.3 Å². The van der Waals surface area contributed by atoms with E-state index in [2.05, 4.69) is 20.9 Å². The van der Waals surface area contributed by atoms with Crippen LogP contribution >= 0.6 is 0 Å². The second kappa shape index (κ2) is 3.40. The van der Waals surface area contributed by atoms with Crippen LogP contribution in [0.5, 0.6) is 0 Å². The van der Waals surface area contributed by atoms with E-state index in [-0.39, 0.29) is 0 Å². The molecule has 13 heavy (non-hydrogen) atoms. The first-order valence-electron chi connectivity index (χ1n) is 4.37. The molecule has 0 N–H and O–H groups in total. The molecular weight excluding hydrogens is 164 g/mol. The maximum atomic E-state index is 8.82. The van der Waals surface area contributed by atoms with Gasteiger partial charge >= 0.3 is 0 Å². The average molecular weight is 174 g/mol. The van der Waals surface area contributed by atoms with Crippen molar-refractivity contribution >= 4 is 5.82 Å². The summed E-state index contributed by atoms with van der Waals surface area (Å²) in [6.45, 7) is 2.01. The summed E-state index contributed by atoms with van der Waals surface area (Å²) in [5.41, 5.74) is 0.574. The van der Waals surface area contributed by atoms with Crippen LogP contribution in [0.25, 0.3) is 0 Å². The highest BCUT2D eigenvalue weighted by Crippen LogP contribution is 2.19. The molecule has 0 bridgehead atoms. The fraction of sp³-hybridized carbons (Fsp3) is 0.444. The van der Waals surface area contributed by atoms with Crippen molar-refractivity contribution in [2.75, 3.05) is 18.0 Å². The number of nitrogens with zero attached hydrogens (tertiary/aromatic N) is 4. The molecule has 0 radical (unpaired) electrons. The van der Waals surface area contributed by atoms with E-state index in [1.54, 1.807) is 6.20 Å². The Hall–Kier alpha value is -1.63. The molecule has 2 rings (SSSR count). The first kappa shape index (κ1) is 7.99. The van der Waals surface area contributed by atoms with Crippen LogP contribution in [0.3, 0.4) is 0 Å². The topological polar surface area (TPSA) is 52.8 Å². The minimum Gasteiger partial charge on any atom is -0.355 e. The fourth-order valence-corrected chi connectivity index (χ4v) is 1.58. The maximum Gasteiger partial charge on any atom is 0.149 e. The zero-order valence-corrected chi connectivity index (χ0v) is 7.27. The summed E-state index contributed by atoms with van der Waals surface area (Å²) in [6.07, 6.45) is 5.44. The highest BCUT2D eigenvalue weighted by Gasteiger charge is 2.16. The molecule has 4 nitrogen and oxygen atoms in total. The van der Waals surface area contributed by atoms with E-state index >= 15 is 0 Å². The molecule has 0 amide bonds. The van der Waals surface area contributed by atoms with Crippen molar-refractivity contribution in [3.8, 4) is 6.07 Å². The Balaban J connectivity index is 2.33. The molecule has 1 aliphatic rings. The van der Waals surface area contributed by atoms with E-state index in [1.165, 1.54) is 19.2 Å². The highest BCUT2D eigenvalue weighted by atomic mass is 15.2. The van der Waals surface area contributed by atoms with Crippen molar-refractivity contribution in [2.24, 2.45) is 0 Å². The molecule has 1 fully saturated rings. The number of nitriles is 1. The van der Waals surface area contributed by atoms with Gasteiger partial charge < -0.3 is 4.90 Å². The second-order valence-corrected chi connectivity index (χ2v) is 3.07. The Kier molecular flexibility index (Phi) is 2.09. The lowest BCUT2D eigenvalue weighted by Crippen LogP contribution is -2.20. The fourth-order valence-electron chi connectivity index (χ4n) is 1.58. The van der Waals surface area contributed by atoms with Gasteiger partial charge in [-0.1, -0.05) is 0 Å². The summed E-state index contributed by atoms with van der Waals surface area (Å²) in [5.74, 6) is 0.787. The third-order valence-electron chi connectivity index (χ3n) is 2.22. The summed E-state index contributed by atoms with van der Waals surface area (Å²) >= 11 is 0. The predicted octanol–water partition coefficient (Wildman–Crippen LogP) is 0.948. The SMILES string of the molecule is N#Cc1cncnc1N1CCCC1. The molecule has 2 heterocycles. The molecule has 4 heteroatoms. The smallest absolute Gasteiger partial charge is 0.149 e. The Bertz CT molecular complexity index is 336. The summed E-state index contributed by atoms with van der Waals surface area (Å²) in [6, 6.07) is 2.11. The van der Waals surface area contributed by atoms with Crippen molar-refractivity contribution < 1.29 is 0 Å². The minimum absolute atomic E-state index is 0.574. The Morgan fingerprint density at radius 2 is 2.15 bits per heavy atom. The van der Waals surface area contributed by atoms with Gasteiger partial charge in [-0.05, 0) is 12.8 Å². The van der Waals surface area contributed by atoms with Crippen LogP contribution in [0.1, 0.15) is 18.4 Å². The highest BCUT2D eigenvalue weighted by molar-refractivity contribution is 5.52. The number of hydrogen-bond donors (Lipinski definition) is 0. The maximum absolute atomic E-state index is 8.82. The molecule has 0 spiro atoms. The van der Waals surface area contributed by atoms with Crippen LogP contribution in [0.4, 0.5) is 5.82 Å². The molecule has 1 aromatic heterocycles. The number of rotatable bonds is 1. The number of anilines is 1. The van der Waals surface area contributed by atoms with E-state index in [0.29, 0.717) is 5.56 Å². The quantitative estimate of drug-likeness (QED) is 0.636. The standard InChI is InChI=1S/C9H10N4/c10-5-8-6-11-7-12-9(8)13-3-1-2-4-13/h6-7H,1-4H2. The van der Waals surface area contributed by atoms with Crippen LogP contribution < -0.4 is 4.90 Å². The van der Waals surface area contributed by atoms with Gasteiger partial charge in [0.05, 0.1) is 6.20 Å². The van der Waals surface area contributed by atoms with Gasteiger partial charge in [-0.15, -0.1) is 0 Å². The normalized spacial score (nSPS) is 15.8. The lowest BCUT2D eigenvalue weighted by Gasteiger charge is -2.16. The van der Waals surface area contributed by atoms with Gasteiger partial charge in [-0.3, -0.25) is 0 Å². The van der Waals surface area contributed by atoms with Gasteiger partial charge in [0, 0.05) is 13.1 Å². The molecule has 0 atom stereocenters. The largest absolute Gasteiger partial charge is 0.355 e. The van der Waals surface area contributed by atoms with Gasteiger partial charge in [-0.2, -0.15) is 5.26 Å². The molecule has 0 aromatic carbocycles. The summed E-state index contributed by atoms with van der Waals surface area (Å²) in [4.78, 5) is 10.1. The van der Waals surface area contributed by atoms with E-state index in [4.69, 9.17) is 5.26 Å². The van der Waals surface area contributed by atoms with Crippen LogP contribution in [-0.2, 0) is 0 Å². The molecule has 1 aliphatic heterocycles. The minimum atomic E-state index is 0.574. The first-order chi connectivity index (χ1) is 6.42. The first-order valence-corrected chi connectivity index (χ1v) is 4.37. The Labute approximate surface area is 76.8 Å². The average Bonchev–Trinajstić information content (AvgIpc) is 2.70. The molecule has 66 valence electrons. The van der Waals surface area contributed by atoms with Crippen LogP contribution in [-0.4, -0.2) is 23.1 Å². The van der Waals surface area contributed by atoms with E-state index in [9.17, 15) is 0 Å². The Morgan fingerprint density at radius 3 is 2.85 bits per heavy atom. The lowest BCUT2D eigenvalue weighted by atomic mass is 10.3. The summed E-state index contributed by atoms with van der Waals surface area (Å²) in [5, 5.41) is 8.82. The molecule has 0 saturated carbocycles. The lowest BCUT2D eigenvalue weighted by molar-refractivity contribution is 0.922. The van der Waals surface area contributed by atoms with Gasteiger partial charge in [-0.25, -0.2) is 9.97 Å². The van der Waals surface area contributed by atoms with Gasteiger partial charge in [0.2, 0.25) is 0 Å². The predicted molar refractivity (Wildman–Crippen MR) is 48.2 cm³/mol. The van der Waals surface area contributed by atoms with E-state index in [0.717, 1.165) is 18.9 Å². The third-order valence-corrected chi connectivity index (χ3v) is 2.22. The zero-order valence-electron chi connectivity index (χ0n) is 7.27. The Morgan fingerprint density at radius 1 is 1.38 bits per heavy atom. The summed E-state index contributed by atoms with van der Waals surface area (Å²) in [7, 11) is 0. The van der Waals surface area contributed by atoms with E-state index in [1.807, 2.05) is 0 Å². The molecule has 0 aliphatic carbocycles. The van der Waals surface area contributed by atoms with Crippen molar-refractivity contribution in [1.29, 1.82) is 5.26 Å². The third kappa shape index (κ3) is 1.45. The van der Waals surface area contributed by atoms with Gasteiger partial charge in [0.25, 0.3) is 0 Å². The van der Waals surface area contributed by atoms with Crippen molar-refractivity contribution in [3.05, 3.63) is 18.1 Å². The zero-order chi connectivity index (χ0) is 9.10. The van der Waals surface area contributed by atoms with Gasteiger partial charge in [0.1, 0.15) is 23.8 Å². The monoisotopic (exact) mass is 174 g/mol. The van der Waals surface area contributed by atoms with Crippen molar-refractivity contribution in [3.63, 3.8) is 0 Å². The number of aromatic nitrogens is 2. The molecule has 1 saturated heterocycles. The van der Waals surface area contributed by atoms with Crippen LogP contribution in [0.2, 0.25) is 0 Å². The van der Waals surface area contributed by atoms with Gasteiger partial charge in [0.15, 0.2) is 0 Å². The second-order valence-electron chi connectivity index (χ2n) is 3.07. The molecule has 1 aromatic rings. The summed E-state index contributed by atoms with van der Waals surface area (Å²) < 4.78 is 0. The molecule has 0 unspecified atom stereocenters. The molecular formula is C9H10N4. The van der Waals surface area contributed by atoms with E-state index < -0.39 is 0 Å². The van der Waals surface area contributed by atoms with Crippen LogP contribution in [0.15, 0.2) is 12.5 Å².